The van der Waals surface area contributed by atoms with Crippen LogP contribution in [-0.2, 0) is 11.3 Å². The Morgan fingerprint density at radius 1 is 1.45 bits per heavy atom. The van der Waals surface area contributed by atoms with Crippen molar-refractivity contribution in [3.63, 3.8) is 0 Å². The van der Waals surface area contributed by atoms with Crippen molar-refractivity contribution >= 4 is 0 Å². The van der Waals surface area contributed by atoms with Gasteiger partial charge < -0.3 is 9.15 Å². The van der Waals surface area contributed by atoms with E-state index in [0.717, 1.165) is 12.4 Å². The van der Waals surface area contributed by atoms with Gasteiger partial charge in [-0.05, 0) is 19.1 Å². The lowest BCUT2D eigenvalue weighted by Gasteiger charge is -1.93. The van der Waals surface area contributed by atoms with Gasteiger partial charge in [-0.15, -0.1) is 0 Å². The summed E-state index contributed by atoms with van der Waals surface area (Å²) in [5, 5.41) is 0. The molecule has 0 saturated heterocycles. The maximum atomic E-state index is 5.08. The predicted molar refractivity (Wildman–Crippen MR) is 45.4 cm³/mol. The van der Waals surface area contributed by atoms with Gasteiger partial charge in [0.1, 0.15) is 12.4 Å². The molecule has 0 radical (unpaired) electrons. The van der Waals surface area contributed by atoms with E-state index in [2.05, 4.69) is 0 Å². The normalized spacial score (nSPS) is 8.64. The molecule has 1 aromatic rings. The van der Waals surface area contributed by atoms with Crippen LogP contribution >= 0.6 is 0 Å². The molecule has 0 N–H and O–H groups in total. The van der Waals surface area contributed by atoms with Gasteiger partial charge in [-0.2, -0.15) is 0 Å². The second-order valence-corrected chi connectivity index (χ2v) is 1.72. The van der Waals surface area contributed by atoms with Crippen molar-refractivity contribution in [3.8, 4) is 0 Å². The summed E-state index contributed by atoms with van der Waals surface area (Å²) in [6, 6.07) is 3.75. The monoisotopic (exact) mass is 156 g/mol. The molecule has 1 heterocycles. The van der Waals surface area contributed by atoms with E-state index in [1.54, 1.807) is 6.26 Å². The number of ether oxygens (including phenoxy) is 1. The molecule has 0 fully saturated rings. The minimum atomic E-state index is 0.587. The maximum absolute atomic E-state index is 5.08. The first-order valence-electron chi connectivity index (χ1n) is 4.03. The predicted octanol–water partition coefficient (Wildman–Crippen LogP) is 2.84. The Bertz CT molecular complexity index is 145. The first kappa shape index (κ1) is 10.2. The van der Waals surface area contributed by atoms with E-state index < -0.39 is 0 Å². The minimum Gasteiger partial charge on any atom is -0.467 e. The first-order chi connectivity index (χ1) is 5.43. The lowest BCUT2D eigenvalue weighted by molar-refractivity contribution is 0.118. The molecule has 2 nitrogen and oxygen atoms in total. The van der Waals surface area contributed by atoms with Crippen LogP contribution in [0.2, 0.25) is 0 Å². The average molecular weight is 156 g/mol. The Morgan fingerprint density at radius 3 is 2.64 bits per heavy atom. The van der Waals surface area contributed by atoms with Gasteiger partial charge in [-0.25, -0.2) is 0 Å². The lowest BCUT2D eigenvalue weighted by Crippen LogP contribution is -1.88. The number of furan rings is 1. The highest BCUT2D eigenvalue weighted by Crippen LogP contribution is 2.00. The van der Waals surface area contributed by atoms with Gasteiger partial charge in [0.05, 0.1) is 6.26 Å². The fourth-order valence-corrected chi connectivity index (χ4v) is 0.597. The van der Waals surface area contributed by atoms with Crippen LogP contribution in [0.4, 0.5) is 0 Å². The second-order valence-electron chi connectivity index (χ2n) is 1.72. The van der Waals surface area contributed by atoms with Crippen LogP contribution in [0.25, 0.3) is 0 Å². The van der Waals surface area contributed by atoms with E-state index >= 15 is 0 Å². The molecular weight excluding hydrogens is 140 g/mol. The zero-order valence-electron chi connectivity index (χ0n) is 7.46. The topological polar surface area (TPSA) is 22.4 Å². The molecule has 1 rings (SSSR count). The van der Waals surface area contributed by atoms with E-state index in [1.165, 1.54) is 0 Å². The Morgan fingerprint density at radius 2 is 2.18 bits per heavy atom. The zero-order chi connectivity index (χ0) is 8.53. The average Bonchev–Trinajstić information content (AvgIpc) is 2.57. The molecule has 1 aromatic heterocycles. The Hall–Kier alpha value is -0.760. The number of hydrogen-bond donors (Lipinski definition) is 0. The number of hydrogen-bond acceptors (Lipinski definition) is 2. The van der Waals surface area contributed by atoms with Gasteiger partial charge in [0.15, 0.2) is 0 Å². The molecule has 0 bridgehead atoms. The molecule has 0 spiro atoms. The van der Waals surface area contributed by atoms with E-state index in [9.17, 15) is 0 Å². The van der Waals surface area contributed by atoms with Gasteiger partial charge in [0.2, 0.25) is 0 Å². The van der Waals surface area contributed by atoms with Gasteiger partial charge in [-0.1, -0.05) is 13.8 Å². The molecule has 0 saturated carbocycles. The molecule has 0 atom stereocenters. The summed E-state index contributed by atoms with van der Waals surface area (Å²) in [6.07, 6.45) is 1.65. The van der Waals surface area contributed by atoms with Crippen LogP contribution in [0.3, 0.4) is 0 Å². The van der Waals surface area contributed by atoms with E-state index in [-0.39, 0.29) is 0 Å². The largest absolute Gasteiger partial charge is 0.467 e. The summed E-state index contributed by atoms with van der Waals surface area (Å²) in [7, 11) is 0. The molecule has 11 heavy (non-hydrogen) atoms. The number of rotatable bonds is 3. The van der Waals surface area contributed by atoms with Gasteiger partial charge in [0, 0.05) is 6.61 Å². The summed E-state index contributed by atoms with van der Waals surface area (Å²) in [4.78, 5) is 0. The maximum Gasteiger partial charge on any atom is 0.129 e. The van der Waals surface area contributed by atoms with Crippen molar-refractivity contribution in [1.29, 1.82) is 0 Å². The first-order valence-corrected chi connectivity index (χ1v) is 4.03. The molecule has 64 valence electrons. The van der Waals surface area contributed by atoms with Crippen LogP contribution in [0.1, 0.15) is 26.5 Å². The third-order valence-corrected chi connectivity index (χ3v) is 1.03. The molecule has 0 aliphatic rings. The summed E-state index contributed by atoms with van der Waals surface area (Å²) in [6.45, 7) is 7.28. The standard InChI is InChI=1S/C7H10O2.C2H6/c1-2-8-6-7-4-3-5-9-7;1-2/h3-5H,2,6H2,1H3;1-2H3. The zero-order valence-corrected chi connectivity index (χ0v) is 7.46. The van der Waals surface area contributed by atoms with Gasteiger partial charge in [-0.3, -0.25) is 0 Å². The summed E-state index contributed by atoms with van der Waals surface area (Å²) in [5.74, 6) is 0.886. The Kier molecular flexibility index (Phi) is 6.84. The second kappa shape index (κ2) is 7.35. The van der Waals surface area contributed by atoms with Gasteiger partial charge >= 0.3 is 0 Å². The fourth-order valence-electron chi connectivity index (χ4n) is 0.597. The van der Waals surface area contributed by atoms with Crippen molar-refractivity contribution in [1.82, 2.24) is 0 Å². The molecule has 0 aliphatic carbocycles. The van der Waals surface area contributed by atoms with Crippen molar-refractivity contribution in [2.45, 2.75) is 27.4 Å². The highest BCUT2D eigenvalue weighted by Gasteiger charge is 1.91. The Labute approximate surface area is 68.2 Å². The highest BCUT2D eigenvalue weighted by molar-refractivity contribution is 4.95. The molecule has 0 aliphatic heterocycles. The molecule has 0 amide bonds. The smallest absolute Gasteiger partial charge is 0.129 e. The van der Waals surface area contributed by atoms with E-state index in [0.29, 0.717) is 6.61 Å². The fraction of sp³-hybridized carbons (Fsp3) is 0.556. The van der Waals surface area contributed by atoms with Crippen molar-refractivity contribution in [2.24, 2.45) is 0 Å². The van der Waals surface area contributed by atoms with Crippen LogP contribution in [0.15, 0.2) is 22.8 Å². The summed E-state index contributed by atoms with van der Waals surface area (Å²) >= 11 is 0. The van der Waals surface area contributed by atoms with Crippen molar-refractivity contribution in [2.75, 3.05) is 6.61 Å². The quantitative estimate of drug-likeness (QED) is 0.671. The van der Waals surface area contributed by atoms with E-state index in [4.69, 9.17) is 9.15 Å². The molecule has 0 aromatic carbocycles. The third kappa shape index (κ3) is 4.62. The summed E-state index contributed by atoms with van der Waals surface area (Å²) < 4.78 is 10.1. The third-order valence-electron chi connectivity index (χ3n) is 1.03. The Balaban J connectivity index is 0.000000461. The van der Waals surface area contributed by atoms with Crippen molar-refractivity contribution in [3.05, 3.63) is 24.2 Å². The van der Waals surface area contributed by atoms with Crippen LogP contribution in [0, 0.1) is 0 Å². The molecular formula is C9H16O2. The highest BCUT2D eigenvalue weighted by atomic mass is 16.5. The molecule has 0 unspecified atom stereocenters. The van der Waals surface area contributed by atoms with Crippen LogP contribution < -0.4 is 0 Å². The van der Waals surface area contributed by atoms with E-state index in [1.807, 2.05) is 32.9 Å². The minimum absolute atomic E-state index is 0.587. The van der Waals surface area contributed by atoms with Crippen molar-refractivity contribution < 1.29 is 9.15 Å². The summed E-state index contributed by atoms with van der Waals surface area (Å²) in [5.41, 5.74) is 0. The van der Waals surface area contributed by atoms with Crippen LogP contribution in [0.5, 0.6) is 0 Å². The van der Waals surface area contributed by atoms with Gasteiger partial charge in [0.25, 0.3) is 0 Å². The molecule has 2 heteroatoms. The SMILES string of the molecule is CC.CCOCc1ccco1. The van der Waals surface area contributed by atoms with Crippen LogP contribution in [-0.4, -0.2) is 6.61 Å². The lowest BCUT2D eigenvalue weighted by atomic mass is 10.5.